The van der Waals surface area contributed by atoms with Crippen LogP contribution in [-0.4, -0.2) is 16.3 Å². The van der Waals surface area contributed by atoms with Crippen molar-refractivity contribution in [1.82, 2.24) is 0 Å². The Balaban J connectivity index is 3.68. The first kappa shape index (κ1) is 22.5. The molecule has 0 aliphatic carbocycles. The second kappa shape index (κ2) is 7.20. The van der Waals surface area contributed by atoms with E-state index < -0.39 is 21.1 Å². The molecule has 1 rings (SSSR count). The van der Waals surface area contributed by atoms with Crippen molar-refractivity contribution in [3.8, 4) is 0 Å². The van der Waals surface area contributed by atoms with Gasteiger partial charge in [-0.05, 0) is 11.6 Å². The fraction of sp³-hybridized carbons (Fsp3) is 0.455. The molecule has 0 saturated heterocycles. The van der Waals surface area contributed by atoms with E-state index in [0.717, 1.165) is 0 Å². The van der Waals surface area contributed by atoms with Crippen LogP contribution in [-0.2, 0) is 4.87 Å². The standard InChI is InChI=1S/C11H4Cl11/c12-7(10(17,18)19,6-4-2-1-3-5-6)8(13,14)9(15,16)11(20,21)22/h1-4H. The Morgan fingerprint density at radius 3 is 1.45 bits per heavy atom. The van der Waals surface area contributed by atoms with Crippen LogP contribution in [0.15, 0.2) is 24.3 Å². The summed E-state index contributed by atoms with van der Waals surface area (Å²) in [5.74, 6) is 0. The van der Waals surface area contributed by atoms with E-state index in [4.69, 9.17) is 128 Å². The number of hydrogen-bond donors (Lipinski definition) is 0. The average molecular weight is 526 g/mol. The predicted octanol–water partition coefficient (Wildman–Crippen LogP) is 8.01. The Hall–Kier alpha value is 2.41. The highest BCUT2D eigenvalue weighted by molar-refractivity contribution is 6.80. The van der Waals surface area contributed by atoms with Crippen molar-refractivity contribution in [1.29, 1.82) is 0 Å². The van der Waals surface area contributed by atoms with E-state index in [-0.39, 0.29) is 5.56 Å². The van der Waals surface area contributed by atoms with Crippen LogP contribution in [0, 0.1) is 6.07 Å². The summed E-state index contributed by atoms with van der Waals surface area (Å²) in [4.78, 5) is -2.21. The first-order chi connectivity index (χ1) is 9.61. The molecular weight excluding hydrogens is 522 g/mol. The van der Waals surface area contributed by atoms with Gasteiger partial charge >= 0.3 is 0 Å². The minimum absolute atomic E-state index is 0.0848. The van der Waals surface area contributed by atoms with Crippen LogP contribution in [0.4, 0.5) is 0 Å². The molecule has 0 fully saturated rings. The largest absolute Gasteiger partial charge is 0.226 e. The van der Waals surface area contributed by atoms with Gasteiger partial charge in [0.25, 0.3) is 0 Å². The van der Waals surface area contributed by atoms with E-state index in [0.29, 0.717) is 0 Å². The summed E-state index contributed by atoms with van der Waals surface area (Å²) < 4.78 is -9.56. The van der Waals surface area contributed by atoms with Crippen LogP contribution in [0.1, 0.15) is 5.56 Å². The van der Waals surface area contributed by atoms with Gasteiger partial charge in [-0.1, -0.05) is 140 Å². The second-order valence-corrected chi connectivity index (χ2v) is 11.9. The van der Waals surface area contributed by atoms with Gasteiger partial charge in [0.05, 0.1) is 0 Å². The quantitative estimate of drug-likeness (QED) is 0.350. The molecule has 0 bridgehead atoms. The van der Waals surface area contributed by atoms with Crippen molar-refractivity contribution in [2.24, 2.45) is 0 Å². The lowest BCUT2D eigenvalue weighted by Crippen LogP contribution is -2.61. The minimum Gasteiger partial charge on any atom is -0.106 e. The van der Waals surface area contributed by atoms with Crippen LogP contribution in [0.2, 0.25) is 0 Å². The van der Waals surface area contributed by atoms with Gasteiger partial charge in [0.2, 0.25) is 7.59 Å². The molecule has 11 heteroatoms. The Kier molecular flexibility index (Phi) is 7.35. The Bertz CT molecular complexity index is 513. The third-order valence-electron chi connectivity index (χ3n) is 2.65. The summed E-state index contributed by atoms with van der Waals surface area (Å²) in [5.41, 5.74) is 0.0848. The molecule has 1 unspecified atom stereocenters. The smallest absolute Gasteiger partial charge is 0.106 e. The summed E-state index contributed by atoms with van der Waals surface area (Å²) in [6, 6.07) is 8.92. The first-order valence-electron chi connectivity index (χ1n) is 5.16. The van der Waals surface area contributed by atoms with Gasteiger partial charge in [-0.2, -0.15) is 0 Å². The molecule has 22 heavy (non-hydrogen) atoms. The van der Waals surface area contributed by atoms with Crippen molar-refractivity contribution < 1.29 is 0 Å². The zero-order valence-corrected chi connectivity index (χ0v) is 18.3. The maximum absolute atomic E-state index is 6.49. The molecule has 0 aliphatic rings. The molecule has 0 aromatic heterocycles. The van der Waals surface area contributed by atoms with Crippen molar-refractivity contribution in [2.45, 2.75) is 21.1 Å². The Labute approximate surface area is 183 Å². The predicted molar refractivity (Wildman–Crippen MR) is 102 cm³/mol. The molecule has 0 aliphatic heterocycles. The normalized spacial score (nSPS) is 17.2. The number of alkyl halides is 11. The SMILES string of the molecule is ClC(Cl)(Cl)C(Cl)(Cl)C(Cl)(Cl)C(Cl)(c1[c]cccc1)C(Cl)(Cl)Cl. The zero-order valence-electron chi connectivity index (χ0n) is 9.97. The fourth-order valence-corrected chi connectivity index (χ4v) is 4.65. The van der Waals surface area contributed by atoms with Gasteiger partial charge in [0.15, 0.2) is 13.5 Å². The van der Waals surface area contributed by atoms with Crippen LogP contribution in [0.5, 0.6) is 0 Å². The van der Waals surface area contributed by atoms with Gasteiger partial charge in [0.1, 0.15) is 0 Å². The van der Waals surface area contributed by atoms with E-state index in [9.17, 15) is 0 Å². The third kappa shape index (κ3) is 3.74. The van der Waals surface area contributed by atoms with Crippen molar-refractivity contribution in [3.05, 3.63) is 35.9 Å². The lowest BCUT2D eigenvalue weighted by molar-refractivity contribution is 0.485. The molecule has 0 spiro atoms. The van der Waals surface area contributed by atoms with E-state index in [1.165, 1.54) is 12.1 Å². The van der Waals surface area contributed by atoms with Crippen LogP contribution < -0.4 is 0 Å². The monoisotopic (exact) mass is 521 g/mol. The summed E-state index contributed by atoms with van der Waals surface area (Å²) in [7, 11) is 0. The maximum atomic E-state index is 6.49. The van der Waals surface area contributed by atoms with Crippen molar-refractivity contribution in [2.75, 3.05) is 0 Å². The summed E-state index contributed by atoms with van der Waals surface area (Å²) in [5, 5.41) is 0. The van der Waals surface area contributed by atoms with E-state index in [1.807, 2.05) is 0 Å². The molecule has 0 N–H and O–H groups in total. The third-order valence-corrected chi connectivity index (χ3v) is 8.84. The molecule has 125 valence electrons. The molecule has 1 radical (unpaired) electrons. The fourth-order valence-electron chi connectivity index (χ4n) is 1.50. The molecule has 0 saturated carbocycles. The van der Waals surface area contributed by atoms with Crippen LogP contribution in [0.25, 0.3) is 0 Å². The molecule has 0 amide bonds. The number of benzene rings is 1. The first-order valence-corrected chi connectivity index (χ1v) is 9.31. The highest BCUT2D eigenvalue weighted by Crippen LogP contribution is 2.68. The molecule has 1 aromatic carbocycles. The molecule has 0 nitrogen and oxygen atoms in total. The maximum Gasteiger partial charge on any atom is 0.226 e. The van der Waals surface area contributed by atoms with Crippen LogP contribution >= 0.6 is 128 Å². The van der Waals surface area contributed by atoms with Crippen molar-refractivity contribution in [3.63, 3.8) is 0 Å². The molecule has 0 heterocycles. The zero-order chi connectivity index (χ0) is 17.6. The van der Waals surface area contributed by atoms with E-state index in [2.05, 4.69) is 6.07 Å². The van der Waals surface area contributed by atoms with Gasteiger partial charge in [-0.15, -0.1) is 11.6 Å². The number of hydrogen-bond acceptors (Lipinski definition) is 0. The van der Waals surface area contributed by atoms with Crippen molar-refractivity contribution >= 4 is 128 Å². The van der Waals surface area contributed by atoms with Gasteiger partial charge < -0.3 is 0 Å². The molecular formula is C11H4Cl11. The topological polar surface area (TPSA) is 0 Å². The number of halogens is 11. The van der Waals surface area contributed by atoms with E-state index >= 15 is 0 Å². The average Bonchev–Trinajstić information content (AvgIpc) is 2.35. The molecule has 1 aromatic rings. The lowest BCUT2D eigenvalue weighted by atomic mass is 9.93. The second-order valence-electron chi connectivity index (χ2n) is 4.08. The van der Waals surface area contributed by atoms with Gasteiger partial charge in [-0.3, -0.25) is 0 Å². The summed E-state index contributed by atoms with van der Waals surface area (Å²) in [6.07, 6.45) is 0. The Morgan fingerprint density at radius 1 is 0.636 bits per heavy atom. The van der Waals surface area contributed by atoms with Crippen LogP contribution in [0.3, 0.4) is 0 Å². The molecule has 1 atom stereocenters. The summed E-state index contributed by atoms with van der Waals surface area (Å²) >= 11 is 66.4. The highest BCUT2D eigenvalue weighted by Gasteiger charge is 2.73. The number of rotatable bonds is 3. The van der Waals surface area contributed by atoms with Gasteiger partial charge in [-0.25, -0.2) is 0 Å². The van der Waals surface area contributed by atoms with Gasteiger partial charge in [0, 0.05) is 0 Å². The lowest BCUT2D eigenvalue weighted by Gasteiger charge is -2.49. The van der Waals surface area contributed by atoms with E-state index in [1.54, 1.807) is 12.1 Å². The summed E-state index contributed by atoms with van der Waals surface area (Å²) in [6.45, 7) is 0. The minimum atomic E-state index is -2.46. The highest BCUT2D eigenvalue weighted by atomic mass is 35.6. The Morgan fingerprint density at radius 2 is 1.14 bits per heavy atom.